The maximum atomic E-state index is 4.27. The molecule has 1 aromatic carbocycles. The molecule has 0 aliphatic heterocycles. The van der Waals surface area contributed by atoms with Crippen molar-refractivity contribution in [1.29, 1.82) is 0 Å². The molecule has 0 spiro atoms. The molecule has 0 saturated carbocycles. The molecule has 0 atom stereocenters. The van der Waals surface area contributed by atoms with E-state index in [9.17, 15) is 0 Å². The zero-order chi connectivity index (χ0) is 9.80. The zero-order valence-electron chi connectivity index (χ0n) is 7.73. The molecule has 0 aliphatic carbocycles. The summed E-state index contributed by atoms with van der Waals surface area (Å²) in [6.45, 7) is 0.910. The maximum absolute atomic E-state index is 4.27. The second-order valence-electron chi connectivity index (χ2n) is 3.05. The number of aryl methyl sites for hydroxylation is 1. The van der Waals surface area contributed by atoms with Crippen LogP contribution in [0.5, 0.6) is 0 Å². The summed E-state index contributed by atoms with van der Waals surface area (Å²) in [6, 6.07) is 10.3. The van der Waals surface area contributed by atoms with Gasteiger partial charge in [-0.1, -0.05) is 46.3 Å². The molecule has 0 N–H and O–H groups in total. The van der Waals surface area contributed by atoms with Crippen molar-refractivity contribution in [3.8, 4) is 11.1 Å². The lowest BCUT2D eigenvalue weighted by Crippen LogP contribution is -1.97. The molecule has 0 saturated heterocycles. The van der Waals surface area contributed by atoms with Crippen LogP contribution in [0.4, 0.5) is 0 Å². The Labute approximate surface area is 91.7 Å². The van der Waals surface area contributed by atoms with E-state index in [1.165, 1.54) is 11.1 Å². The van der Waals surface area contributed by atoms with Gasteiger partial charge in [0.2, 0.25) is 0 Å². The highest BCUT2D eigenvalue weighted by molar-refractivity contribution is 9.09. The van der Waals surface area contributed by atoms with Crippen molar-refractivity contribution in [1.82, 2.24) is 9.78 Å². The summed E-state index contributed by atoms with van der Waals surface area (Å²) < 4.78 is 1.94. The number of alkyl halides is 1. The molecule has 72 valence electrons. The topological polar surface area (TPSA) is 17.8 Å². The predicted octanol–water partition coefficient (Wildman–Crippen LogP) is 2.95. The van der Waals surface area contributed by atoms with Gasteiger partial charge >= 0.3 is 0 Å². The molecule has 14 heavy (non-hydrogen) atoms. The van der Waals surface area contributed by atoms with Crippen LogP contribution in [0.25, 0.3) is 11.1 Å². The van der Waals surface area contributed by atoms with Gasteiger partial charge < -0.3 is 0 Å². The lowest BCUT2D eigenvalue weighted by Gasteiger charge is -1.95. The van der Waals surface area contributed by atoms with Crippen molar-refractivity contribution in [2.45, 2.75) is 6.54 Å². The fourth-order valence-corrected chi connectivity index (χ4v) is 1.72. The van der Waals surface area contributed by atoms with E-state index >= 15 is 0 Å². The highest BCUT2D eigenvalue weighted by Gasteiger charge is 1.99. The molecule has 0 bridgehead atoms. The van der Waals surface area contributed by atoms with Gasteiger partial charge in [0.25, 0.3) is 0 Å². The Hall–Kier alpha value is -1.09. The molecule has 0 fully saturated rings. The summed E-state index contributed by atoms with van der Waals surface area (Å²) in [4.78, 5) is 0. The Kier molecular flexibility index (Phi) is 2.99. The minimum Gasteiger partial charge on any atom is -0.271 e. The van der Waals surface area contributed by atoms with Crippen molar-refractivity contribution in [3.63, 3.8) is 0 Å². The van der Waals surface area contributed by atoms with E-state index in [0.29, 0.717) is 0 Å². The highest BCUT2D eigenvalue weighted by atomic mass is 79.9. The van der Waals surface area contributed by atoms with E-state index < -0.39 is 0 Å². The fraction of sp³-hybridized carbons (Fsp3) is 0.182. The Bertz CT molecular complexity index is 395. The third-order valence-corrected chi connectivity index (χ3v) is 2.41. The molecular weight excluding hydrogens is 240 g/mol. The minimum atomic E-state index is 0.910. The van der Waals surface area contributed by atoms with Gasteiger partial charge in [-0.05, 0) is 5.56 Å². The van der Waals surface area contributed by atoms with Crippen LogP contribution in [0.2, 0.25) is 0 Å². The predicted molar refractivity (Wildman–Crippen MR) is 61.5 cm³/mol. The van der Waals surface area contributed by atoms with E-state index in [1.807, 2.05) is 29.1 Å². The summed E-state index contributed by atoms with van der Waals surface area (Å²) in [5.41, 5.74) is 2.39. The smallest absolute Gasteiger partial charge is 0.0568 e. The second kappa shape index (κ2) is 4.42. The van der Waals surface area contributed by atoms with E-state index in [1.54, 1.807) is 0 Å². The Morgan fingerprint density at radius 2 is 1.93 bits per heavy atom. The molecule has 1 aromatic heterocycles. The minimum absolute atomic E-state index is 0.910. The third kappa shape index (κ3) is 2.04. The van der Waals surface area contributed by atoms with Gasteiger partial charge in [0.15, 0.2) is 0 Å². The number of hydrogen-bond acceptors (Lipinski definition) is 1. The average molecular weight is 251 g/mol. The summed E-state index contributed by atoms with van der Waals surface area (Å²) in [7, 11) is 0. The Morgan fingerprint density at radius 1 is 1.14 bits per heavy atom. The number of benzene rings is 1. The summed E-state index contributed by atoms with van der Waals surface area (Å²) in [5.74, 6) is 0. The van der Waals surface area contributed by atoms with Crippen LogP contribution in [0, 0.1) is 0 Å². The van der Waals surface area contributed by atoms with Gasteiger partial charge in [-0.15, -0.1) is 0 Å². The van der Waals surface area contributed by atoms with Crippen LogP contribution in [0.1, 0.15) is 0 Å². The molecule has 2 rings (SSSR count). The molecule has 0 aliphatic rings. The Morgan fingerprint density at radius 3 is 2.64 bits per heavy atom. The van der Waals surface area contributed by atoms with Crippen molar-refractivity contribution in [2.24, 2.45) is 0 Å². The summed E-state index contributed by atoms with van der Waals surface area (Å²) in [5, 5.41) is 5.20. The molecule has 3 heteroatoms. The van der Waals surface area contributed by atoms with Gasteiger partial charge in [-0.25, -0.2) is 0 Å². The number of hydrogen-bond donors (Lipinski definition) is 0. The summed E-state index contributed by atoms with van der Waals surface area (Å²) >= 11 is 3.39. The summed E-state index contributed by atoms with van der Waals surface area (Å²) in [6.07, 6.45) is 3.97. The zero-order valence-corrected chi connectivity index (χ0v) is 9.31. The highest BCUT2D eigenvalue weighted by Crippen LogP contribution is 2.17. The van der Waals surface area contributed by atoms with Crippen LogP contribution in [-0.4, -0.2) is 15.1 Å². The molecule has 2 aromatic rings. The van der Waals surface area contributed by atoms with Crippen LogP contribution in [0.3, 0.4) is 0 Å². The van der Waals surface area contributed by atoms with E-state index in [4.69, 9.17) is 0 Å². The lowest BCUT2D eigenvalue weighted by atomic mass is 10.1. The van der Waals surface area contributed by atoms with Gasteiger partial charge in [-0.3, -0.25) is 4.68 Å². The second-order valence-corrected chi connectivity index (χ2v) is 3.84. The lowest BCUT2D eigenvalue weighted by molar-refractivity contribution is 0.669. The van der Waals surface area contributed by atoms with Crippen molar-refractivity contribution < 1.29 is 0 Å². The standard InChI is InChI=1S/C11H11BrN2/c12-6-7-14-9-11(8-13-14)10-4-2-1-3-5-10/h1-5,8-9H,6-7H2. The number of halogens is 1. The Balaban J connectivity index is 2.25. The van der Waals surface area contributed by atoms with E-state index in [2.05, 4.69) is 39.4 Å². The van der Waals surface area contributed by atoms with Gasteiger partial charge in [-0.2, -0.15) is 5.10 Å². The first-order valence-corrected chi connectivity index (χ1v) is 5.66. The third-order valence-electron chi connectivity index (χ3n) is 2.05. The maximum Gasteiger partial charge on any atom is 0.0568 e. The molecular formula is C11H11BrN2. The first kappa shape index (κ1) is 9.46. The molecule has 1 heterocycles. The average Bonchev–Trinajstić information content (AvgIpc) is 2.68. The first-order valence-electron chi connectivity index (χ1n) is 4.54. The van der Waals surface area contributed by atoms with Gasteiger partial charge in [0, 0.05) is 17.1 Å². The molecule has 0 unspecified atom stereocenters. The SMILES string of the molecule is BrCCn1cc(-c2ccccc2)cn1. The molecule has 2 nitrogen and oxygen atoms in total. The van der Waals surface area contributed by atoms with Crippen molar-refractivity contribution in [3.05, 3.63) is 42.7 Å². The van der Waals surface area contributed by atoms with Gasteiger partial charge in [0.1, 0.15) is 0 Å². The molecule has 0 radical (unpaired) electrons. The van der Waals surface area contributed by atoms with E-state index in [-0.39, 0.29) is 0 Å². The first-order chi connectivity index (χ1) is 6.90. The van der Waals surface area contributed by atoms with Crippen LogP contribution < -0.4 is 0 Å². The van der Waals surface area contributed by atoms with Crippen molar-refractivity contribution in [2.75, 3.05) is 5.33 Å². The van der Waals surface area contributed by atoms with Crippen molar-refractivity contribution >= 4 is 15.9 Å². The van der Waals surface area contributed by atoms with Gasteiger partial charge in [0.05, 0.1) is 12.7 Å². The van der Waals surface area contributed by atoms with Crippen LogP contribution >= 0.6 is 15.9 Å². The fourth-order valence-electron chi connectivity index (χ4n) is 1.35. The van der Waals surface area contributed by atoms with E-state index in [0.717, 1.165) is 11.9 Å². The monoisotopic (exact) mass is 250 g/mol. The largest absolute Gasteiger partial charge is 0.271 e. The van der Waals surface area contributed by atoms with Crippen LogP contribution in [0.15, 0.2) is 42.7 Å². The quantitative estimate of drug-likeness (QED) is 0.767. The number of nitrogens with zero attached hydrogens (tertiary/aromatic N) is 2. The normalized spacial score (nSPS) is 10.4. The number of aromatic nitrogens is 2. The number of rotatable bonds is 3. The van der Waals surface area contributed by atoms with Crippen LogP contribution in [-0.2, 0) is 6.54 Å². The molecule has 0 amide bonds.